The van der Waals surface area contributed by atoms with Gasteiger partial charge in [0.15, 0.2) is 18.5 Å². The molecular weight excluding hydrogens is 492 g/mol. The van der Waals surface area contributed by atoms with Crippen LogP contribution in [0, 0.1) is 5.92 Å². The van der Waals surface area contributed by atoms with Crippen molar-refractivity contribution in [2.24, 2.45) is 5.92 Å². The molecule has 2 aromatic rings. The summed E-state index contributed by atoms with van der Waals surface area (Å²) in [5.41, 5.74) is -0.778. The minimum Gasteiger partial charge on any atom is -0.455 e. The third-order valence-corrected chi connectivity index (χ3v) is 7.58. The first kappa shape index (κ1) is 26.1. The second kappa shape index (κ2) is 10.4. The Bertz CT molecular complexity index is 1180. The lowest BCUT2D eigenvalue weighted by Crippen LogP contribution is -2.80. The van der Waals surface area contributed by atoms with Gasteiger partial charge in [-0.1, -0.05) is 60.7 Å². The minimum absolute atomic E-state index is 0.169. The molecule has 0 radical (unpaired) electrons. The zero-order valence-corrected chi connectivity index (χ0v) is 21.5. The molecular formula is C28H32N2O8. The summed E-state index contributed by atoms with van der Waals surface area (Å²) in [6.07, 6.45) is -3.75. The molecule has 2 N–H and O–H groups in total. The Hall–Kier alpha value is -3.47. The van der Waals surface area contributed by atoms with Gasteiger partial charge >= 0.3 is 18.0 Å². The molecule has 3 aliphatic rings. The van der Waals surface area contributed by atoms with Crippen LogP contribution in [-0.2, 0) is 46.4 Å². The van der Waals surface area contributed by atoms with E-state index in [4.69, 9.17) is 23.7 Å². The number of ether oxygens (including phenoxy) is 5. The molecule has 2 aliphatic heterocycles. The molecule has 3 fully saturated rings. The second-order valence-corrected chi connectivity index (χ2v) is 10.1. The quantitative estimate of drug-likeness (QED) is 0.505. The molecule has 2 amide bonds. The van der Waals surface area contributed by atoms with Gasteiger partial charge in [-0.3, -0.25) is 4.79 Å². The molecule has 5 rings (SSSR count). The molecule has 1 aliphatic carbocycles. The van der Waals surface area contributed by atoms with Gasteiger partial charge in [0.1, 0.15) is 17.2 Å². The first-order chi connectivity index (χ1) is 18.3. The summed E-state index contributed by atoms with van der Waals surface area (Å²) in [4.78, 5) is 38.8. The molecule has 1 saturated carbocycles. The van der Waals surface area contributed by atoms with E-state index in [0.717, 1.165) is 11.1 Å². The number of esters is 2. The topological polar surface area (TPSA) is 121 Å². The molecule has 2 saturated heterocycles. The normalized spacial score (nSPS) is 33.2. The molecule has 2 aromatic carbocycles. The number of hydrogen-bond donors (Lipinski definition) is 2. The van der Waals surface area contributed by atoms with E-state index in [1.54, 1.807) is 6.92 Å². The van der Waals surface area contributed by atoms with E-state index >= 15 is 0 Å². The maximum absolute atomic E-state index is 13.3. The lowest BCUT2D eigenvalue weighted by Gasteiger charge is -2.57. The molecule has 2 bridgehead atoms. The van der Waals surface area contributed by atoms with Crippen molar-refractivity contribution in [1.82, 2.24) is 10.6 Å². The standard InChI is InChI=1S/C28H32N2O8/c1-17(31)38-27(2)14-20-25(34-3)37-23-24(32)36-21(27)22(35-16-19-12-8-5-9-13-19)28(20,23)30-26(33)29-15-18-10-6-4-7-11-18/h4-13,20-23,25H,14-16H2,1-3H3,(H2,29,30,33)/t20-,21+,22+,23-,25+,27+,28-/m1/s1. The summed E-state index contributed by atoms with van der Waals surface area (Å²) in [7, 11) is 1.46. The Balaban J connectivity index is 1.51. The summed E-state index contributed by atoms with van der Waals surface area (Å²) in [5.74, 6) is -1.80. The maximum atomic E-state index is 13.3. The van der Waals surface area contributed by atoms with Gasteiger partial charge in [-0.25, -0.2) is 9.59 Å². The number of rotatable bonds is 8. The number of urea groups is 1. The van der Waals surface area contributed by atoms with E-state index in [1.807, 2.05) is 60.7 Å². The van der Waals surface area contributed by atoms with E-state index in [0.29, 0.717) is 0 Å². The average Bonchev–Trinajstić information content (AvgIpc) is 3.23. The lowest BCUT2D eigenvalue weighted by molar-refractivity contribution is -0.257. The molecule has 38 heavy (non-hydrogen) atoms. The summed E-state index contributed by atoms with van der Waals surface area (Å²) in [6.45, 7) is 3.45. The third-order valence-electron chi connectivity index (χ3n) is 7.58. The largest absolute Gasteiger partial charge is 0.455 e. The molecule has 0 aromatic heterocycles. The lowest BCUT2D eigenvalue weighted by atomic mass is 9.61. The molecule has 10 heteroatoms. The molecule has 202 valence electrons. The molecule has 10 nitrogen and oxygen atoms in total. The minimum atomic E-state index is -1.34. The second-order valence-electron chi connectivity index (χ2n) is 10.1. The van der Waals surface area contributed by atoms with Gasteiger partial charge in [0.25, 0.3) is 0 Å². The van der Waals surface area contributed by atoms with Crippen LogP contribution in [0.2, 0.25) is 0 Å². The Morgan fingerprint density at radius 1 is 1.05 bits per heavy atom. The van der Waals surface area contributed by atoms with Crippen molar-refractivity contribution in [2.45, 2.75) is 69.2 Å². The summed E-state index contributed by atoms with van der Waals surface area (Å²) in [5, 5.41) is 5.92. The Labute approximate surface area is 220 Å². The molecule has 0 unspecified atom stereocenters. The SMILES string of the molecule is CO[C@H]1O[C@@H]2C(=O)O[C@H]3[C@H](OCc4ccccc4)[C@]2(NC(=O)NCc2ccccc2)[C@@H]1C[C@]3(C)OC(C)=O. The van der Waals surface area contributed by atoms with E-state index in [9.17, 15) is 14.4 Å². The monoisotopic (exact) mass is 524 g/mol. The molecule has 0 spiro atoms. The van der Waals surface area contributed by atoms with Gasteiger partial charge in [0, 0.05) is 32.9 Å². The fraction of sp³-hybridized carbons (Fsp3) is 0.464. The van der Waals surface area contributed by atoms with Crippen LogP contribution in [-0.4, -0.2) is 60.8 Å². The number of benzene rings is 2. The van der Waals surface area contributed by atoms with Crippen LogP contribution in [0.4, 0.5) is 4.79 Å². The van der Waals surface area contributed by atoms with Crippen LogP contribution in [0.15, 0.2) is 60.7 Å². The van der Waals surface area contributed by atoms with Gasteiger partial charge in [0.05, 0.1) is 6.61 Å². The van der Waals surface area contributed by atoms with Crippen LogP contribution in [0.3, 0.4) is 0 Å². The number of carbonyl (C=O) groups excluding carboxylic acids is 3. The first-order valence-corrected chi connectivity index (χ1v) is 12.6. The first-order valence-electron chi connectivity index (χ1n) is 12.6. The molecule has 7 atom stereocenters. The number of methoxy groups -OCH3 is 1. The van der Waals surface area contributed by atoms with Gasteiger partial charge in [-0.05, 0) is 18.1 Å². The van der Waals surface area contributed by atoms with Crippen molar-refractivity contribution >= 4 is 18.0 Å². The summed E-state index contributed by atoms with van der Waals surface area (Å²) in [6, 6.07) is 18.5. The number of hydrogen-bond acceptors (Lipinski definition) is 8. The number of amides is 2. The highest BCUT2D eigenvalue weighted by Crippen LogP contribution is 2.55. The fourth-order valence-electron chi connectivity index (χ4n) is 6.02. The van der Waals surface area contributed by atoms with Crippen LogP contribution < -0.4 is 10.6 Å². The van der Waals surface area contributed by atoms with Crippen molar-refractivity contribution < 1.29 is 38.1 Å². The van der Waals surface area contributed by atoms with Gasteiger partial charge in [-0.15, -0.1) is 0 Å². The number of fused-ring (bicyclic) bond motifs is 1. The highest BCUT2D eigenvalue weighted by Gasteiger charge is 2.76. The Kier molecular flexibility index (Phi) is 7.13. The predicted octanol–water partition coefficient (Wildman–Crippen LogP) is 2.45. The highest BCUT2D eigenvalue weighted by atomic mass is 16.7. The smallest absolute Gasteiger partial charge is 0.338 e. The zero-order chi connectivity index (χ0) is 26.9. The average molecular weight is 525 g/mol. The van der Waals surface area contributed by atoms with Crippen molar-refractivity contribution in [3.63, 3.8) is 0 Å². The van der Waals surface area contributed by atoms with E-state index < -0.39 is 59.6 Å². The highest BCUT2D eigenvalue weighted by molar-refractivity contribution is 5.83. The van der Waals surface area contributed by atoms with E-state index in [-0.39, 0.29) is 19.6 Å². The zero-order valence-electron chi connectivity index (χ0n) is 21.5. The Morgan fingerprint density at radius 2 is 1.71 bits per heavy atom. The van der Waals surface area contributed by atoms with E-state index in [1.165, 1.54) is 14.0 Å². The number of carbonyl (C=O) groups is 3. The third kappa shape index (κ3) is 4.63. The maximum Gasteiger partial charge on any atom is 0.338 e. The van der Waals surface area contributed by atoms with Crippen molar-refractivity contribution in [1.29, 1.82) is 0 Å². The van der Waals surface area contributed by atoms with Crippen LogP contribution in [0.1, 0.15) is 31.4 Å². The van der Waals surface area contributed by atoms with Crippen LogP contribution >= 0.6 is 0 Å². The van der Waals surface area contributed by atoms with Gasteiger partial charge in [-0.2, -0.15) is 0 Å². The predicted molar refractivity (Wildman–Crippen MR) is 133 cm³/mol. The molecule has 2 heterocycles. The van der Waals surface area contributed by atoms with Crippen molar-refractivity contribution in [3.8, 4) is 0 Å². The van der Waals surface area contributed by atoms with Crippen molar-refractivity contribution in [2.75, 3.05) is 7.11 Å². The van der Waals surface area contributed by atoms with Crippen LogP contribution in [0.25, 0.3) is 0 Å². The summed E-state index contributed by atoms with van der Waals surface area (Å²) < 4.78 is 29.7. The van der Waals surface area contributed by atoms with E-state index in [2.05, 4.69) is 10.6 Å². The fourth-order valence-corrected chi connectivity index (χ4v) is 6.02. The van der Waals surface area contributed by atoms with Crippen molar-refractivity contribution in [3.05, 3.63) is 71.8 Å². The van der Waals surface area contributed by atoms with Crippen LogP contribution in [0.5, 0.6) is 0 Å². The van der Waals surface area contributed by atoms with Gasteiger partial charge in [0.2, 0.25) is 0 Å². The van der Waals surface area contributed by atoms with Gasteiger partial charge < -0.3 is 34.3 Å². The Morgan fingerprint density at radius 3 is 2.34 bits per heavy atom. The number of nitrogens with one attached hydrogen (secondary N) is 2. The summed E-state index contributed by atoms with van der Waals surface area (Å²) >= 11 is 0.